The number of nitrogens with zero attached hydrogens (tertiary/aromatic N) is 2. The zero-order valence-electron chi connectivity index (χ0n) is 23.1. The molecule has 8 heteroatoms. The van der Waals surface area contributed by atoms with E-state index in [0.29, 0.717) is 45.4 Å². The van der Waals surface area contributed by atoms with Crippen LogP contribution in [0.2, 0.25) is 0 Å². The van der Waals surface area contributed by atoms with Crippen LogP contribution in [0.25, 0.3) is 0 Å². The molecule has 3 saturated heterocycles. The normalized spacial score (nSPS) is 28.5. The quantitative estimate of drug-likeness (QED) is 0.578. The predicted molar refractivity (Wildman–Crippen MR) is 150 cm³/mol. The van der Waals surface area contributed by atoms with Crippen LogP contribution in [0.4, 0.5) is 0 Å². The van der Waals surface area contributed by atoms with E-state index in [1.54, 1.807) is 0 Å². The summed E-state index contributed by atoms with van der Waals surface area (Å²) in [5, 5.41) is 6.48. The lowest BCUT2D eigenvalue weighted by Gasteiger charge is -2.41. The summed E-state index contributed by atoms with van der Waals surface area (Å²) >= 11 is 0. The molecule has 3 fully saturated rings. The molecule has 3 atom stereocenters. The summed E-state index contributed by atoms with van der Waals surface area (Å²) in [6.45, 7) is 4.88. The van der Waals surface area contributed by atoms with Gasteiger partial charge in [-0.25, -0.2) is 0 Å². The summed E-state index contributed by atoms with van der Waals surface area (Å²) in [4.78, 5) is 44.7. The van der Waals surface area contributed by atoms with Gasteiger partial charge >= 0.3 is 0 Å². The third kappa shape index (κ3) is 7.09. The van der Waals surface area contributed by atoms with E-state index in [4.69, 9.17) is 4.74 Å². The molecule has 3 amide bonds. The Bertz CT molecular complexity index is 1020. The van der Waals surface area contributed by atoms with Gasteiger partial charge in [-0.2, -0.15) is 0 Å². The van der Waals surface area contributed by atoms with Gasteiger partial charge in [-0.3, -0.25) is 19.3 Å². The van der Waals surface area contributed by atoms with Gasteiger partial charge in [0.05, 0.1) is 12.0 Å². The van der Waals surface area contributed by atoms with E-state index in [-0.39, 0.29) is 29.7 Å². The number of carbonyl (C=O) groups is 3. The van der Waals surface area contributed by atoms with Crippen molar-refractivity contribution in [2.45, 2.75) is 69.9 Å². The number of fused-ring (bicyclic) bond motifs is 1. The van der Waals surface area contributed by atoms with Crippen molar-refractivity contribution in [3.8, 4) is 0 Å². The molecule has 0 aromatic heterocycles. The lowest BCUT2D eigenvalue weighted by molar-refractivity contribution is -0.140. The van der Waals surface area contributed by atoms with Crippen LogP contribution < -0.4 is 10.6 Å². The first-order chi connectivity index (χ1) is 19.0. The maximum Gasteiger partial charge on any atom is 0.243 e. The maximum absolute atomic E-state index is 13.7. The average molecular weight is 537 g/mol. The number of allylic oxidation sites excluding steroid dienone is 2. The molecule has 0 unspecified atom stereocenters. The van der Waals surface area contributed by atoms with Crippen molar-refractivity contribution in [3.05, 3.63) is 48.0 Å². The van der Waals surface area contributed by atoms with Crippen molar-refractivity contribution < 1.29 is 19.1 Å². The second kappa shape index (κ2) is 13.1. The molecule has 4 heterocycles. The summed E-state index contributed by atoms with van der Waals surface area (Å²) in [7, 11) is 0. The molecule has 8 nitrogen and oxygen atoms in total. The van der Waals surface area contributed by atoms with Crippen molar-refractivity contribution >= 4 is 17.7 Å². The second-order valence-corrected chi connectivity index (χ2v) is 11.9. The Kier molecular flexibility index (Phi) is 9.35. The first-order valence-corrected chi connectivity index (χ1v) is 14.9. The van der Waals surface area contributed by atoms with Crippen molar-refractivity contribution in [1.29, 1.82) is 0 Å². The average Bonchev–Trinajstić information content (AvgIpc) is 2.97. The zero-order chi connectivity index (χ0) is 27.1. The van der Waals surface area contributed by atoms with E-state index in [1.807, 2.05) is 35.2 Å². The van der Waals surface area contributed by atoms with Gasteiger partial charge in [0.25, 0.3) is 0 Å². The van der Waals surface area contributed by atoms with E-state index in [2.05, 4.69) is 27.7 Å². The topological polar surface area (TPSA) is 91.0 Å². The Morgan fingerprint density at radius 3 is 2.51 bits per heavy atom. The van der Waals surface area contributed by atoms with Crippen LogP contribution in [0.5, 0.6) is 0 Å². The molecule has 212 valence electrons. The highest BCUT2D eigenvalue weighted by molar-refractivity contribution is 5.90. The molecule has 1 spiro atoms. The standard InChI is InChI=1S/C31H44N4O4/c36-28(35-16-7-2-8-17-35)23-34-18-12-26-25(22-34)11-5-6-13-31(14-19-39-20-15-31)30(38)33-27(29(37)32-26)21-24-9-3-1-4-10-24/h1,3-6,9-10,25-27H,2,7-8,11-23H2,(H,32,37)(H,33,38)/t25-,26+,27-/m1/s1. The molecule has 2 N–H and O–H groups in total. The summed E-state index contributed by atoms with van der Waals surface area (Å²) < 4.78 is 5.60. The van der Waals surface area contributed by atoms with Crippen LogP contribution in [0.3, 0.4) is 0 Å². The molecule has 1 aromatic carbocycles. The number of piperidine rings is 2. The number of likely N-dealkylation sites (tertiary alicyclic amines) is 2. The van der Waals surface area contributed by atoms with E-state index in [9.17, 15) is 14.4 Å². The molecule has 1 aromatic rings. The Balaban J connectivity index is 1.33. The highest BCUT2D eigenvalue weighted by Gasteiger charge is 2.41. The number of amides is 3. The number of rotatable bonds is 4. The third-order valence-corrected chi connectivity index (χ3v) is 9.16. The van der Waals surface area contributed by atoms with Crippen LogP contribution in [-0.4, -0.2) is 85.5 Å². The van der Waals surface area contributed by atoms with Gasteiger partial charge in [0, 0.05) is 51.9 Å². The molecule has 0 saturated carbocycles. The zero-order valence-corrected chi connectivity index (χ0v) is 23.1. The SMILES string of the molecule is O=C1N[C@H]2CCN(CC(=O)N3CCCCC3)C[C@H]2CC=CCC2(CCOCC2)C(=O)N[C@@H]1Cc1ccccc1. The smallest absolute Gasteiger partial charge is 0.243 e. The first-order valence-electron chi connectivity index (χ1n) is 14.9. The number of ether oxygens (including phenoxy) is 1. The summed E-state index contributed by atoms with van der Waals surface area (Å²) in [5.41, 5.74) is 0.468. The molecular formula is C31H44N4O4. The minimum atomic E-state index is -0.637. The largest absolute Gasteiger partial charge is 0.381 e. The Morgan fingerprint density at radius 2 is 1.74 bits per heavy atom. The van der Waals surface area contributed by atoms with Gasteiger partial charge in [0.15, 0.2) is 0 Å². The molecule has 39 heavy (non-hydrogen) atoms. The number of hydrogen-bond acceptors (Lipinski definition) is 5. The number of carbonyl (C=O) groups excluding carboxylic acids is 3. The fraction of sp³-hybridized carbons (Fsp3) is 0.645. The molecule has 4 aliphatic rings. The molecule has 0 aliphatic carbocycles. The number of benzene rings is 1. The third-order valence-electron chi connectivity index (χ3n) is 9.16. The summed E-state index contributed by atoms with van der Waals surface area (Å²) in [6, 6.07) is 9.27. The molecule has 0 radical (unpaired) electrons. The fourth-order valence-electron chi connectivity index (χ4n) is 6.63. The van der Waals surface area contributed by atoms with E-state index in [1.165, 1.54) is 6.42 Å². The molecule has 5 rings (SSSR count). The van der Waals surface area contributed by atoms with Crippen molar-refractivity contribution in [2.24, 2.45) is 11.3 Å². The van der Waals surface area contributed by atoms with Crippen molar-refractivity contribution in [2.75, 3.05) is 45.9 Å². The van der Waals surface area contributed by atoms with Crippen molar-refractivity contribution in [3.63, 3.8) is 0 Å². The van der Waals surface area contributed by atoms with Gasteiger partial charge in [0.2, 0.25) is 17.7 Å². The van der Waals surface area contributed by atoms with Crippen LogP contribution in [0, 0.1) is 11.3 Å². The van der Waals surface area contributed by atoms with Crippen molar-refractivity contribution in [1.82, 2.24) is 20.4 Å². The van der Waals surface area contributed by atoms with Gasteiger partial charge in [-0.1, -0.05) is 42.5 Å². The summed E-state index contributed by atoms with van der Waals surface area (Å²) in [6.07, 6.45) is 11.8. The lowest BCUT2D eigenvalue weighted by Crippen LogP contribution is -2.58. The van der Waals surface area contributed by atoms with Crippen LogP contribution >= 0.6 is 0 Å². The lowest BCUT2D eigenvalue weighted by atomic mass is 9.75. The van der Waals surface area contributed by atoms with Gasteiger partial charge < -0.3 is 20.3 Å². The number of hydrogen-bond donors (Lipinski definition) is 2. The van der Waals surface area contributed by atoms with Crippen LogP contribution in [0.1, 0.15) is 56.9 Å². The van der Waals surface area contributed by atoms with E-state index in [0.717, 1.165) is 57.4 Å². The Hall–Kier alpha value is -2.71. The molecular weight excluding hydrogens is 492 g/mol. The predicted octanol–water partition coefficient (Wildman–Crippen LogP) is 2.68. The highest BCUT2D eigenvalue weighted by Crippen LogP contribution is 2.36. The highest BCUT2D eigenvalue weighted by atomic mass is 16.5. The minimum absolute atomic E-state index is 0.00938. The Morgan fingerprint density at radius 1 is 0.974 bits per heavy atom. The van der Waals surface area contributed by atoms with Gasteiger partial charge in [-0.05, 0) is 62.8 Å². The van der Waals surface area contributed by atoms with Gasteiger partial charge in [0.1, 0.15) is 6.04 Å². The minimum Gasteiger partial charge on any atom is -0.381 e. The molecule has 4 aliphatic heterocycles. The Labute approximate surface area is 232 Å². The van der Waals surface area contributed by atoms with Crippen LogP contribution in [0.15, 0.2) is 42.5 Å². The second-order valence-electron chi connectivity index (χ2n) is 11.9. The van der Waals surface area contributed by atoms with E-state index >= 15 is 0 Å². The summed E-state index contributed by atoms with van der Waals surface area (Å²) in [5.74, 6) is 0.278. The van der Waals surface area contributed by atoms with Gasteiger partial charge in [-0.15, -0.1) is 0 Å². The van der Waals surface area contributed by atoms with E-state index < -0.39 is 11.5 Å². The molecule has 0 bridgehead atoms. The number of nitrogens with one attached hydrogen (secondary N) is 2. The first kappa shape index (κ1) is 27.8. The monoisotopic (exact) mass is 536 g/mol. The van der Waals surface area contributed by atoms with Crippen LogP contribution in [-0.2, 0) is 25.5 Å². The fourth-order valence-corrected chi connectivity index (χ4v) is 6.63. The maximum atomic E-state index is 13.7.